The van der Waals surface area contributed by atoms with Gasteiger partial charge in [0, 0.05) is 12.8 Å². The van der Waals surface area contributed by atoms with Crippen LogP contribution in [0.1, 0.15) is 162 Å². The van der Waals surface area contributed by atoms with Gasteiger partial charge in [-0.05, 0) is 77.0 Å². The number of unbranched alkanes of at least 4 members (excludes halogenated alkanes) is 12. The molecule has 0 amide bonds. The van der Waals surface area contributed by atoms with Crippen molar-refractivity contribution >= 4 is 19.8 Å². The number of ether oxygens (including phenoxy) is 2. The van der Waals surface area contributed by atoms with Crippen LogP contribution in [0.15, 0.2) is 60.8 Å². The third-order valence-corrected chi connectivity index (χ3v) is 11.4. The van der Waals surface area contributed by atoms with Crippen molar-refractivity contribution in [2.24, 2.45) is 0 Å². The van der Waals surface area contributed by atoms with Gasteiger partial charge in [-0.2, -0.15) is 0 Å². The van der Waals surface area contributed by atoms with Gasteiger partial charge >= 0.3 is 19.8 Å². The zero-order valence-electron chi connectivity index (χ0n) is 37.5. The summed E-state index contributed by atoms with van der Waals surface area (Å²) in [4.78, 5) is 35.7. The number of phosphoric acid groups is 1. The Bertz CT molecular complexity index is 1330. The van der Waals surface area contributed by atoms with E-state index in [1.165, 1.54) is 38.5 Å². The Morgan fingerprint density at radius 1 is 0.565 bits per heavy atom. The molecule has 0 heterocycles. The fraction of sp³-hybridized carbons (Fsp3) is 0.745. The number of phosphoric ester groups is 1. The summed E-state index contributed by atoms with van der Waals surface area (Å²) < 4.78 is 33.4. The largest absolute Gasteiger partial charge is 0.472 e. The fourth-order valence-corrected chi connectivity index (χ4v) is 7.61. The molecule has 1 aliphatic rings. The molecule has 0 aliphatic heterocycles. The summed E-state index contributed by atoms with van der Waals surface area (Å²) >= 11 is 0. The fourth-order valence-electron chi connectivity index (χ4n) is 6.64. The number of hydrogen-bond donors (Lipinski definition) is 7. The van der Waals surface area contributed by atoms with Gasteiger partial charge in [0.15, 0.2) is 6.10 Å². The minimum Gasteiger partial charge on any atom is -0.462 e. The number of rotatable bonds is 37. The zero-order chi connectivity index (χ0) is 45.9. The van der Waals surface area contributed by atoms with Crippen LogP contribution in [0.2, 0.25) is 0 Å². The minimum absolute atomic E-state index is 0.0654. The lowest BCUT2D eigenvalue weighted by atomic mass is 9.85. The van der Waals surface area contributed by atoms with Crippen molar-refractivity contribution in [3.63, 3.8) is 0 Å². The number of hydrogen-bond acceptors (Lipinski definition) is 13. The van der Waals surface area contributed by atoms with E-state index in [-0.39, 0.29) is 18.9 Å². The molecule has 7 N–H and O–H groups in total. The smallest absolute Gasteiger partial charge is 0.462 e. The van der Waals surface area contributed by atoms with Gasteiger partial charge in [-0.3, -0.25) is 18.6 Å². The van der Waals surface area contributed by atoms with Crippen molar-refractivity contribution < 1.29 is 68.2 Å². The lowest BCUT2D eigenvalue weighted by Crippen LogP contribution is -2.64. The summed E-state index contributed by atoms with van der Waals surface area (Å²) in [5.74, 6) is -1.20. The van der Waals surface area contributed by atoms with Crippen LogP contribution < -0.4 is 0 Å². The monoisotopic (exact) mass is 901 g/mol. The molecule has 0 aromatic heterocycles. The molecule has 1 rings (SSSR count). The SMILES string of the molecule is CCCCCCCC/C=C\CCCCCCCC(=O)O[C@H](COC(=O)CCC/C=C\C/C=C\C/C=C\C/C=C\CC(O)CCC)COP(=O)(O)OC1[C@H](O)[C@H](O)C(O)[C@H](O)[C@H]1O. The molecule has 1 fully saturated rings. The second-order valence-corrected chi connectivity index (χ2v) is 17.5. The van der Waals surface area contributed by atoms with Gasteiger partial charge in [0.1, 0.15) is 43.2 Å². The van der Waals surface area contributed by atoms with Crippen molar-refractivity contribution in [2.75, 3.05) is 13.2 Å². The van der Waals surface area contributed by atoms with E-state index >= 15 is 0 Å². The van der Waals surface area contributed by atoms with Crippen molar-refractivity contribution in [3.8, 4) is 0 Å². The first-order chi connectivity index (χ1) is 29.8. The summed E-state index contributed by atoms with van der Waals surface area (Å²) in [6.07, 6.45) is 27.7. The summed E-state index contributed by atoms with van der Waals surface area (Å²) in [6, 6.07) is 0. The summed E-state index contributed by atoms with van der Waals surface area (Å²) in [6.45, 7) is 3.03. The van der Waals surface area contributed by atoms with E-state index in [0.29, 0.717) is 25.7 Å². The number of carbonyl (C=O) groups excluding carboxylic acids is 2. The molecule has 1 saturated carbocycles. The van der Waals surface area contributed by atoms with Gasteiger partial charge in [0.2, 0.25) is 0 Å². The van der Waals surface area contributed by atoms with E-state index in [2.05, 4.69) is 56.4 Å². The van der Waals surface area contributed by atoms with Crippen molar-refractivity contribution in [1.29, 1.82) is 0 Å². The number of allylic oxidation sites excluding steroid dienone is 9. The molecule has 0 aromatic rings. The number of aliphatic hydroxyl groups excluding tert-OH is 6. The van der Waals surface area contributed by atoms with Crippen molar-refractivity contribution in [1.82, 2.24) is 0 Å². The lowest BCUT2D eigenvalue weighted by molar-refractivity contribution is -0.220. The van der Waals surface area contributed by atoms with Crippen LogP contribution in [0.4, 0.5) is 0 Å². The first-order valence-electron chi connectivity index (χ1n) is 23.2. The molecule has 0 radical (unpaired) electrons. The Morgan fingerprint density at radius 3 is 1.61 bits per heavy atom. The molecule has 0 aromatic carbocycles. The molecule has 0 spiro atoms. The number of esters is 2. The molecule has 62 heavy (non-hydrogen) atoms. The highest BCUT2D eigenvalue weighted by atomic mass is 31.2. The highest BCUT2D eigenvalue weighted by Gasteiger charge is 2.51. The standard InChI is InChI=1S/C47H81O14P/c1-3-5-6-7-8-9-10-11-12-15-19-22-25-28-31-35-41(50)60-39(37-59-62(56,57)61-47-45(54)43(52)42(51)44(53)46(47)55)36-58-40(49)34-30-27-24-21-18-16-13-14-17-20-23-26-29-33-38(48)32-4-2/h11-13,16-17,20-21,24,26,29,38-39,42-48,51-55H,3-10,14-15,18-19,22-23,25,27-28,30-37H2,1-2H3,(H,56,57)/b12-11-,16-13-,20-17-,24-21-,29-26-/t38?,39-,42?,43-,44+,45-,46-,47?/m1/s1. The second-order valence-electron chi connectivity index (χ2n) is 16.1. The molecule has 9 atom stereocenters. The number of aliphatic hydroxyl groups is 6. The second kappa shape index (κ2) is 36.8. The average molecular weight is 901 g/mol. The van der Waals surface area contributed by atoms with Crippen LogP contribution in [0.3, 0.4) is 0 Å². The van der Waals surface area contributed by atoms with Crippen molar-refractivity contribution in [3.05, 3.63) is 60.8 Å². The summed E-state index contributed by atoms with van der Waals surface area (Å²) in [5.41, 5.74) is 0. The maximum Gasteiger partial charge on any atom is 0.472 e. The first kappa shape index (κ1) is 57.5. The van der Waals surface area contributed by atoms with E-state index in [0.717, 1.165) is 70.6 Å². The molecule has 4 unspecified atom stereocenters. The van der Waals surface area contributed by atoms with Gasteiger partial charge in [-0.25, -0.2) is 4.57 Å². The van der Waals surface area contributed by atoms with Gasteiger partial charge in [-0.1, -0.05) is 132 Å². The topological polar surface area (TPSA) is 230 Å². The van der Waals surface area contributed by atoms with Crippen LogP contribution in [-0.2, 0) is 32.7 Å². The molecule has 0 bridgehead atoms. The molecular formula is C47H81O14P. The first-order valence-corrected chi connectivity index (χ1v) is 24.7. The van der Waals surface area contributed by atoms with Gasteiger partial charge in [-0.15, -0.1) is 0 Å². The molecule has 14 nitrogen and oxygen atoms in total. The average Bonchev–Trinajstić information content (AvgIpc) is 3.24. The summed E-state index contributed by atoms with van der Waals surface area (Å²) in [7, 11) is -5.14. The minimum atomic E-state index is -5.14. The highest BCUT2D eigenvalue weighted by molar-refractivity contribution is 7.47. The quantitative estimate of drug-likeness (QED) is 0.0136. The summed E-state index contributed by atoms with van der Waals surface area (Å²) in [5, 5.41) is 59.9. The van der Waals surface area contributed by atoms with E-state index in [9.17, 15) is 49.7 Å². The van der Waals surface area contributed by atoms with Crippen LogP contribution in [0.25, 0.3) is 0 Å². The van der Waals surface area contributed by atoms with E-state index in [1.54, 1.807) is 0 Å². The van der Waals surface area contributed by atoms with Crippen LogP contribution in [0.5, 0.6) is 0 Å². The van der Waals surface area contributed by atoms with Gasteiger partial charge in [0.25, 0.3) is 0 Å². The van der Waals surface area contributed by atoms with Crippen molar-refractivity contribution in [2.45, 2.75) is 210 Å². The van der Waals surface area contributed by atoms with Crippen LogP contribution in [-0.4, -0.2) is 110 Å². The van der Waals surface area contributed by atoms with E-state index in [4.69, 9.17) is 18.5 Å². The maximum absolute atomic E-state index is 12.8. The molecular weight excluding hydrogens is 819 g/mol. The maximum atomic E-state index is 12.8. The Labute approximate surface area is 371 Å². The third kappa shape index (κ3) is 29.1. The predicted molar refractivity (Wildman–Crippen MR) is 241 cm³/mol. The van der Waals surface area contributed by atoms with E-state index in [1.807, 2.05) is 18.2 Å². The van der Waals surface area contributed by atoms with Gasteiger partial charge < -0.3 is 45.0 Å². The Kier molecular flexibility index (Phi) is 34.2. The highest BCUT2D eigenvalue weighted by Crippen LogP contribution is 2.47. The predicted octanol–water partition coefficient (Wildman–Crippen LogP) is 7.92. The molecule has 358 valence electrons. The normalized spacial score (nSPS) is 22.9. The Morgan fingerprint density at radius 2 is 1.03 bits per heavy atom. The van der Waals surface area contributed by atoms with Crippen LogP contribution in [0, 0.1) is 0 Å². The molecule has 1 aliphatic carbocycles. The van der Waals surface area contributed by atoms with E-state index < -0.39 is 75.7 Å². The molecule has 15 heteroatoms. The van der Waals surface area contributed by atoms with Crippen LogP contribution >= 0.6 is 7.82 Å². The third-order valence-electron chi connectivity index (χ3n) is 10.4. The number of carbonyl (C=O) groups is 2. The lowest BCUT2D eigenvalue weighted by Gasteiger charge is -2.41. The Balaban J connectivity index is 2.52. The zero-order valence-corrected chi connectivity index (χ0v) is 38.4. The molecule has 0 saturated heterocycles. The van der Waals surface area contributed by atoms with Gasteiger partial charge in [0.05, 0.1) is 12.7 Å². The Hall–Kier alpha value is -2.49.